The zero-order valence-electron chi connectivity index (χ0n) is 14.2. The van der Waals surface area contributed by atoms with Gasteiger partial charge >= 0.3 is 5.97 Å². The van der Waals surface area contributed by atoms with E-state index in [1.165, 1.54) is 11.8 Å². The number of aromatic nitrogens is 3. The van der Waals surface area contributed by atoms with Gasteiger partial charge in [0.15, 0.2) is 5.16 Å². The van der Waals surface area contributed by atoms with Crippen molar-refractivity contribution < 1.29 is 14.3 Å². The van der Waals surface area contributed by atoms with E-state index in [1.807, 2.05) is 0 Å². The number of thioether (sulfide) groups is 1. The van der Waals surface area contributed by atoms with Crippen molar-refractivity contribution in [3.63, 3.8) is 0 Å². The summed E-state index contributed by atoms with van der Waals surface area (Å²) < 4.78 is 6.59. The van der Waals surface area contributed by atoms with Crippen molar-refractivity contribution in [1.29, 1.82) is 0 Å². The molecule has 1 amide bonds. The van der Waals surface area contributed by atoms with Gasteiger partial charge in [-0.05, 0) is 32.0 Å². The van der Waals surface area contributed by atoms with Gasteiger partial charge in [-0.1, -0.05) is 29.4 Å². The van der Waals surface area contributed by atoms with Gasteiger partial charge in [-0.2, -0.15) is 0 Å². The van der Waals surface area contributed by atoms with Gasteiger partial charge in [0.05, 0.1) is 11.9 Å². The molecule has 0 unspecified atom stereocenters. The second-order valence-corrected chi connectivity index (χ2v) is 6.94. The maximum atomic E-state index is 12.3. The van der Waals surface area contributed by atoms with Crippen LogP contribution in [0.15, 0.2) is 29.4 Å². The normalized spacial score (nSPS) is 11.8. The molecule has 1 aromatic carbocycles. The molecule has 0 fully saturated rings. The number of hydrogen-bond donors (Lipinski definition) is 1. The minimum atomic E-state index is -0.405. The molecule has 1 atom stereocenters. The van der Waals surface area contributed by atoms with Gasteiger partial charge in [0.2, 0.25) is 5.91 Å². The highest BCUT2D eigenvalue weighted by molar-refractivity contribution is 8.00. The molecule has 1 aromatic heterocycles. The second kappa shape index (κ2) is 8.87. The summed E-state index contributed by atoms with van der Waals surface area (Å²) in [5.41, 5.74) is 0.630. The topological polar surface area (TPSA) is 86.1 Å². The standard InChI is InChI=1S/C16H19ClN4O3S/c1-4-24-14(22)9-13-19-20-16(21(13)3)25-10(2)15(23)18-12-7-5-6-11(17)8-12/h5-8,10H,4,9H2,1-3H3,(H,18,23)/t10-/m1/s1. The molecule has 1 heterocycles. The molecule has 0 saturated carbocycles. The van der Waals surface area contributed by atoms with E-state index in [4.69, 9.17) is 16.3 Å². The Kier molecular flexibility index (Phi) is 6.83. The molecule has 0 aliphatic carbocycles. The van der Waals surface area contributed by atoms with Crippen LogP contribution in [0.3, 0.4) is 0 Å². The molecule has 2 aromatic rings. The highest BCUT2D eigenvalue weighted by Crippen LogP contribution is 2.23. The Hall–Kier alpha value is -2.06. The number of hydrogen-bond acceptors (Lipinski definition) is 6. The fourth-order valence-electron chi connectivity index (χ4n) is 1.96. The summed E-state index contributed by atoms with van der Waals surface area (Å²) >= 11 is 7.16. The Bertz CT molecular complexity index is 766. The van der Waals surface area contributed by atoms with E-state index in [-0.39, 0.29) is 18.3 Å². The smallest absolute Gasteiger partial charge is 0.313 e. The van der Waals surface area contributed by atoms with Gasteiger partial charge in [-0.15, -0.1) is 10.2 Å². The third-order valence-electron chi connectivity index (χ3n) is 3.28. The molecular weight excluding hydrogens is 364 g/mol. The summed E-state index contributed by atoms with van der Waals surface area (Å²) in [7, 11) is 1.75. The van der Waals surface area contributed by atoms with E-state index in [0.717, 1.165) is 0 Å². The quantitative estimate of drug-likeness (QED) is 0.585. The number of amides is 1. The van der Waals surface area contributed by atoms with E-state index in [0.29, 0.717) is 28.3 Å². The van der Waals surface area contributed by atoms with Gasteiger partial charge in [0.25, 0.3) is 0 Å². The Morgan fingerprint density at radius 1 is 1.40 bits per heavy atom. The largest absolute Gasteiger partial charge is 0.466 e. The third kappa shape index (κ3) is 5.47. The van der Waals surface area contributed by atoms with Gasteiger partial charge in [-0.25, -0.2) is 0 Å². The van der Waals surface area contributed by atoms with Crippen LogP contribution in [0.25, 0.3) is 0 Å². The zero-order valence-corrected chi connectivity index (χ0v) is 15.7. The van der Waals surface area contributed by atoms with E-state index < -0.39 is 5.25 Å². The molecule has 0 bridgehead atoms. The summed E-state index contributed by atoms with van der Waals surface area (Å²) in [4.78, 5) is 23.9. The van der Waals surface area contributed by atoms with Crippen molar-refractivity contribution in [3.8, 4) is 0 Å². The molecule has 0 saturated heterocycles. The van der Waals surface area contributed by atoms with Crippen molar-refractivity contribution in [3.05, 3.63) is 35.1 Å². The first-order valence-corrected chi connectivity index (χ1v) is 8.93. The zero-order chi connectivity index (χ0) is 18.4. The Morgan fingerprint density at radius 2 is 2.16 bits per heavy atom. The third-order valence-corrected chi connectivity index (χ3v) is 4.65. The van der Waals surface area contributed by atoms with Crippen LogP contribution < -0.4 is 5.32 Å². The predicted molar refractivity (Wildman–Crippen MR) is 96.7 cm³/mol. The Labute approximate surface area is 155 Å². The van der Waals surface area contributed by atoms with Gasteiger partial charge in [0.1, 0.15) is 12.2 Å². The van der Waals surface area contributed by atoms with Crippen LogP contribution in [0.1, 0.15) is 19.7 Å². The number of esters is 1. The van der Waals surface area contributed by atoms with Gasteiger partial charge < -0.3 is 14.6 Å². The van der Waals surface area contributed by atoms with Crippen molar-refractivity contribution in [2.45, 2.75) is 30.7 Å². The molecule has 25 heavy (non-hydrogen) atoms. The van der Waals surface area contributed by atoms with Crippen molar-refractivity contribution in [2.24, 2.45) is 7.05 Å². The van der Waals surface area contributed by atoms with E-state index in [1.54, 1.807) is 49.7 Å². The number of rotatable bonds is 7. The fourth-order valence-corrected chi connectivity index (χ4v) is 2.99. The van der Waals surface area contributed by atoms with Crippen molar-refractivity contribution in [1.82, 2.24) is 14.8 Å². The van der Waals surface area contributed by atoms with Crippen molar-refractivity contribution >= 4 is 40.9 Å². The number of nitrogens with zero attached hydrogens (tertiary/aromatic N) is 3. The Morgan fingerprint density at radius 3 is 2.84 bits per heavy atom. The molecule has 0 spiro atoms. The molecule has 7 nitrogen and oxygen atoms in total. The number of nitrogens with one attached hydrogen (secondary N) is 1. The van der Waals surface area contributed by atoms with Crippen molar-refractivity contribution in [2.75, 3.05) is 11.9 Å². The highest BCUT2D eigenvalue weighted by Gasteiger charge is 2.20. The predicted octanol–water partition coefficient (Wildman–Crippen LogP) is 2.69. The summed E-state index contributed by atoms with van der Waals surface area (Å²) in [6.45, 7) is 3.83. The van der Waals surface area contributed by atoms with Crippen LogP contribution in [0.5, 0.6) is 0 Å². The first-order valence-electron chi connectivity index (χ1n) is 7.67. The number of carbonyl (C=O) groups is 2. The monoisotopic (exact) mass is 382 g/mol. The fraction of sp³-hybridized carbons (Fsp3) is 0.375. The number of anilines is 1. The first-order chi connectivity index (χ1) is 11.9. The molecule has 0 radical (unpaired) electrons. The summed E-state index contributed by atoms with van der Waals surface area (Å²) in [6.07, 6.45) is 0.0427. The summed E-state index contributed by atoms with van der Waals surface area (Å²) in [5, 5.41) is 11.5. The van der Waals surface area contributed by atoms with Crippen LogP contribution >= 0.6 is 23.4 Å². The van der Waals surface area contributed by atoms with Gasteiger partial charge in [-0.3, -0.25) is 9.59 Å². The van der Waals surface area contributed by atoms with Gasteiger partial charge in [0, 0.05) is 17.8 Å². The van der Waals surface area contributed by atoms with Crippen LogP contribution in [0, 0.1) is 0 Å². The Balaban J connectivity index is 1.98. The maximum absolute atomic E-state index is 12.3. The molecule has 0 aliphatic rings. The lowest BCUT2D eigenvalue weighted by Gasteiger charge is -2.12. The molecule has 9 heteroatoms. The van der Waals surface area contributed by atoms with E-state index >= 15 is 0 Å². The number of halogens is 1. The van der Waals surface area contributed by atoms with E-state index in [2.05, 4.69) is 15.5 Å². The number of carbonyl (C=O) groups excluding carboxylic acids is 2. The average molecular weight is 383 g/mol. The second-order valence-electron chi connectivity index (χ2n) is 5.20. The first kappa shape index (κ1) is 19.3. The number of benzene rings is 1. The average Bonchev–Trinajstić information content (AvgIpc) is 2.88. The minimum Gasteiger partial charge on any atom is -0.466 e. The molecule has 0 aliphatic heterocycles. The summed E-state index contributed by atoms with van der Waals surface area (Å²) in [6, 6.07) is 6.94. The van der Waals surface area contributed by atoms with Crippen LogP contribution in [-0.4, -0.2) is 38.5 Å². The molecule has 1 N–H and O–H groups in total. The lowest BCUT2D eigenvalue weighted by molar-refractivity contribution is -0.142. The van der Waals surface area contributed by atoms with E-state index in [9.17, 15) is 9.59 Å². The minimum absolute atomic E-state index is 0.0427. The molecule has 134 valence electrons. The molecule has 2 rings (SSSR count). The lowest BCUT2D eigenvalue weighted by atomic mass is 10.3. The summed E-state index contributed by atoms with van der Waals surface area (Å²) in [5.74, 6) is -0.0492. The lowest BCUT2D eigenvalue weighted by Crippen LogP contribution is -2.22. The van der Waals surface area contributed by atoms with Crippen LogP contribution in [0.2, 0.25) is 5.02 Å². The number of ether oxygens (including phenoxy) is 1. The van der Waals surface area contributed by atoms with Crippen LogP contribution in [-0.2, 0) is 27.8 Å². The maximum Gasteiger partial charge on any atom is 0.313 e. The molecular formula is C16H19ClN4O3S. The SMILES string of the molecule is CCOC(=O)Cc1nnc(S[C@H](C)C(=O)Nc2cccc(Cl)c2)n1C. The highest BCUT2D eigenvalue weighted by atomic mass is 35.5. The van der Waals surface area contributed by atoms with Crippen LogP contribution in [0.4, 0.5) is 5.69 Å².